The summed E-state index contributed by atoms with van der Waals surface area (Å²) in [5.74, 6) is -0.826. The number of piperidine rings is 1. The van der Waals surface area contributed by atoms with E-state index in [1.165, 1.54) is 12.8 Å². The Morgan fingerprint density at radius 1 is 1.14 bits per heavy atom. The van der Waals surface area contributed by atoms with E-state index in [0.29, 0.717) is 23.7 Å². The van der Waals surface area contributed by atoms with Crippen molar-refractivity contribution in [2.75, 3.05) is 26.2 Å². The molecule has 1 aliphatic heterocycles. The molecule has 1 atom stereocenters. The maximum Gasteiger partial charge on any atom is 0.271 e. The summed E-state index contributed by atoms with van der Waals surface area (Å²) in [7, 11) is 0. The molecule has 1 unspecified atom stereocenters. The van der Waals surface area contributed by atoms with E-state index in [4.69, 9.17) is 11.6 Å². The molecule has 3 N–H and O–H groups in total. The Kier molecular flexibility index (Phi) is 9.94. The first-order chi connectivity index (χ1) is 14.0. The number of rotatable bonds is 9. The molecule has 0 aliphatic carbocycles. The molecule has 1 fully saturated rings. The summed E-state index contributed by atoms with van der Waals surface area (Å²) in [6, 6.07) is 6.62. The number of nitrogens with one attached hydrogen (secondary N) is 3. The quantitative estimate of drug-likeness (QED) is 0.421. The zero-order chi connectivity index (χ0) is 21.1. The second-order valence-corrected chi connectivity index (χ2v) is 7.82. The predicted molar refractivity (Wildman–Crippen MR) is 113 cm³/mol. The molecule has 1 aliphatic rings. The van der Waals surface area contributed by atoms with E-state index >= 15 is 0 Å². The highest BCUT2D eigenvalue weighted by Crippen LogP contribution is 2.16. The van der Waals surface area contributed by atoms with Gasteiger partial charge in [-0.05, 0) is 37.9 Å². The number of benzene rings is 1. The van der Waals surface area contributed by atoms with Crippen LogP contribution in [0.2, 0.25) is 5.02 Å². The fraction of sp³-hybridized carbons (Fsp3) is 0.571. The summed E-state index contributed by atoms with van der Waals surface area (Å²) in [5, 5.41) is 3.33. The molecule has 8 heteroatoms. The third-order valence-corrected chi connectivity index (χ3v) is 5.34. The van der Waals surface area contributed by atoms with Gasteiger partial charge in [-0.25, -0.2) is 0 Å². The lowest BCUT2D eigenvalue weighted by molar-refractivity contribution is -0.129. The maximum atomic E-state index is 12.4. The SMILES string of the molecule is CCCCCCNC(=O)C1CCCN(CC(=O)NNC(=O)c2ccccc2Cl)C1. The van der Waals surface area contributed by atoms with Gasteiger partial charge in [-0.1, -0.05) is 49.9 Å². The standard InChI is InChI=1S/C21H31ClN4O3/c1-2-3-4-7-12-23-20(28)16-9-8-13-26(14-16)15-19(27)24-25-21(29)17-10-5-6-11-18(17)22/h5-6,10-11,16H,2-4,7-9,12-15H2,1H3,(H,23,28)(H,24,27)(H,25,29). The number of hydrogen-bond acceptors (Lipinski definition) is 4. The molecular formula is C21H31ClN4O3. The van der Waals surface area contributed by atoms with Crippen LogP contribution < -0.4 is 16.2 Å². The van der Waals surface area contributed by atoms with Crippen LogP contribution in [0.5, 0.6) is 0 Å². The van der Waals surface area contributed by atoms with Crippen molar-refractivity contribution in [2.24, 2.45) is 5.92 Å². The predicted octanol–water partition coefficient (Wildman–Crippen LogP) is 2.51. The van der Waals surface area contributed by atoms with Gasteiger partial charge in [0.2, 0.25) is 5.91 Å². The first kappa shape index (κ1) is 23.2. The highest BCUT2D eigenvalue weighted by molar-refractivity contribution is 6.33. The summed E-state index contributed by atoms with van der Waals surface area (Å²) < 4.78 is 0. The number of unbranched alkanes of at least 4 members (excludes halogenated alkanes) is 3. The number of nitrogens with zero attached hydrogens (tertiary/aromatic N) is 1. The van der Waals surface area contributed by atoms with Gasteiger partial charge in [0, 0.05) is 13.1 Å². The fourth-order valence-corrected chi connectivity index (χ4v) is 3.62. The molecule has 1 saturated heterocycles. The van der Waals surface area contributed by atoms with E-state index in [-0.39, 0.29) is 24.3 Å². The van der Waals surface area contributed by atoms with Crippen molar-refractivity contribution in [1.29, 1.82) is 0 Å². The van der Waals surface area contributed by atoms with Crippen LogP contribution in [0, 0.1) is 5.92 Å². The van der Waals surface area contributed by atoms with Gasteiger partial charge in [0.15, 0.2) is 0 Å². The average molecular weight is 423 g/mol. The molecule has 0 spiro atoms. The van der Waals surface area contributed by atoms with Crippen molar-refractivity contribution in [2.45, 2.75) is 45.4 Å². The second kappa shape index (κ2) is 12.4. The second-order valence-electron chi connectivity index (χ2n) is 7.41. The molecule has 160 valence electrons. The van der Waals surface area contributed by atoms with Gasteiger partial charge < -0.3 is 5.32 Å². The Labute approximate surface area is 177 Å². The molecule has 1 aromatic rings. The number of carbonyl (C=O) groups is 3. The molecule has 0 aromatic heterocycles. The van der Waals surface area contributed by atoms with Crippen LogP contribution in [0.25, 0.3) is 0 Å². The van der Waals surface area contributed by atoms with Gasteiger partial charge in [0.25, 0.3) is 11.8 Å². The lowest BCUT2D eigenvalue weighted by atomic mass is 9.97. The summed E-state index contributed by atoms with van der Waals surface area (Å²) in [5.41, 5.74) is 5.09. The van der Waals surface area contributed by atoms with Crippen LogP contribution >= 0.6 is 11.6 Å². The Morgan fingerprint density at radius 3 is 2.69 bits per heavy atom. The van der Waals surface area contributed by atoms with Crippen LogP contribution in [0.1, 0.15) is 55.8 Å². The minimum Gasteiger partial charge on any atom is -0.356 e. The first-order valence-electron chi connectivity index (χ1n) is 10.3. The average Bonchev–Trinajstić information content (AvgIpc) is 2.72. The largest absolute Gasteiger partial charge is 0.356 e. The smallest absolute Gasteiger partial charge is 0.271 e. The molecule has 2 rings (SSSR count). The maximum absolute atomic E-state index is 12.4. The topological polar surface area (TPSA) is 90.5 Å². The Morgan fingerprint density at radius 2 is 1.93 bits per heavy atom. The molecular weight excluding hydrogens is 392 g/mol. The normalized spacial score (nSPS) is 16.8. The number of hydrogen-bond donors (Lipinski definition) is 3. The number of halogens is 1. The van der Waals surface area contributed by atoms with Gasteiger partial charge >= 0.3 is 0 Å². The van der Waals surface area contributed by atoms with E-state index in [1.54, 1.807) is 24.3 Å². The van der Waals surface area contributed by atoms with E-state index in [0.717, 1.165) is 32.2 Å². The molecule has 1 heterocycles. The third kappa shape index (κ3) is 8.03. The highest BCUT2D eigenvalue weighted by atomic mass is 35.5. The molecule has 0 saturated carbocycles. The molecule has 3 amide bonds. The summed E-state index contributed by atoms with van der Waals surface area (Å²) >= 11 is 5.98. The third-order valence-electron chi connectivity index (χ3n) is 5.01. The van der Waals surface area contributed by atoms with Crippen LogP contribution in [-0.4, -0.2) is 48.8 Å². The minimum absolute atomic E-state index is 0.0682. The van der Waals surface area contributed by atoms with Crippen molar-refractivity contribution in [3.63, 3.8) is 0 Å². The number of carbonyl (C=O) groups excluding carboxylic acids is 3. The van der Waals surface area contributed by atoms with Gasteiger partial charge in [-0.2, -0.15) is 0 Å². The van der Waals surface area contributed by atoms with Crippen molar-refractivity contribution in [1.82, 2.24) is 21.1 Å². The zero-order valence-corrected chi connectivity index (χ0v) is 17.8. The van der Waals surface area contributed by atoms with Crippen molar-refractivity contribution >= 4 is 29.3 Å². The summed E-state index contributed by atoms with van der Waals surface area (Å²) in [4.78, 5) is 38.6. The van der Waals surface area contributed by atoms with Gasteiger partial charge in [0.1, 0.15) is 0 Å². The monoisotopic (exact) mass is 422 g/mol. The number of likely N-dealkylation sites (tertiary alicyclic amines) is 1. The molecule has 0 bridgehead atoms. The van der Waals surface area contributed by atoms with E-state index in [1.807, 2.05) is 4.90 Å². The Hall–Kier alpha value is -2.12. The lowest BCUT2D eigenvalue weighted by Gasteiger charge is -2.31. The highest BCUT2D eigenvalue weighted by Gasteiger charge is 2.26. The van der Waals surface area contributed by atoms with E-state index in [9.17, 15) is 14.4 Å². The molecule has 7 nitrogen and oxygen atoms in total. The van der Waals surface area contributed by atoms with Crippen molar-refractivity contribution in [3.05, 3.63) is 34.9 Å². The van der Waals surface area contributed by atoms with Gasteiger partial charge in [-0.15, -0.1) is 0 Å². The first-order valence-corrected chi connectivity index (χ1v) is 10.7. The molecule has 0 radical (unpaired) electrons. The van der Waals surface area contributed by atoms with Crippen LogP contribution in [-0.2, 0) is 9.59 Å². The molecule has 29 heavy (non-hydrogen) atoms. The number of amides is 3. The van der Waals surface area contributed by atoms with Crippen LogP contribution in [0.15, 0.2) is 24.3 Å². The summed E-state index contributed by atoms with van der Waals surface area (Å²) in [6.45, 7) is 4.30. The van der Waals surface area contributed by atoms with Gasteiger partial charge in [0.05, 0.1) is 23.0 Å². The van der Waals surface area contributed by atoms with Crippen molar-refractivity contribution < 1.29 is 14.4 Å². The Bertz CT molecular complexity index is 698. The number of hydrazine groups is 1. The minimum atomic E-state index is -0.470. The molecule has 1 aromatic carbocycles. The lowest BCUT2D eigenvalue weighted by Crippen LogP contribution is -2.50. The van der Waals surface area contributed by atoms with E-state index < -0.39 is 5.91 Å². The van der Waals surface area contributed by atoms with Crippen LogP contribution in [0.3, 0.4) is 0 Å². The zero-order valence-electron chi connectivity index (χ0n) is 17.0. The van der Waals surface area contributed by atoms with Crippen LogP contribution in [0.4, 0.5) is 0 Å². The van der Waals surface area contributed by atoms with Gasteiger partial charge in [-0.3, -0.25) is 30.1 Å². The summed E-state index contributed by atoms with van der Waals surface area (Å²) in [6.07, 6.45) is 6.20. The fourth-order valence-electron chi connectivity index (χ4n) is 3.40. The van der Waals surface area contributed by atoms with E-state index in [2.05, 4.69) is 23.1 Å². The van der Waals surface area contributed by atoms with Crippen molar-refractivity contribution in [3.8, 4) is 0 Å². The Balaban J connectivity index is 1.71.